The van der Waals surface area contributed by atoms with Crippen LogP contribution in [0, 0.1) is 0 Å². The Labute approximate surface area is 53.0 Å². The van der Waals surface area contributed by atoms with Crippen molar-refractivity contribution in [1.82, 2.24) is 0 Å². The summed E-state index contributed by atoms with van der Waals surface area (Å²) in [6.45, 7) is 0. The fraction of sp³-hybridized carbons (Fsp3) is 0. The lowest BCUT2D eigenvalue weighted by Gasteiger charge is -1.91. The standard InChI is InChI=1S/C5H5BO3/c6-5(7)9-4-2-1-3-8-4/h1-3H,6H2. The van der Waals surface area contributed by atoms with Crippen molar-refractivity contribution >= 4 is 13.7 Å². The Morgan fingerprint density at radius 2 is 2.56 bits per heavy atom. The molecule has 9 heavy (non-hydrogen) atoms. The molecule has 0 saturated heterocycles. The van der Waals surface area contributed by atoms with Crippen molar-refractivity contribution in [2.75, 3.05) is 0 Å². The van der Waals surface area contributed by atoms with Crippen molar-refractivity contribution in [2.24, 2.45) is 0 Å². The molecule has 0 aliphatic heterocycles. The highest BCUT2D eigenvalue weighted by Gasteiger charge is 1.96. The number of furan rings is 1. The van der Waals surface area contributed by atoms with E-state index in [4.69, 9.17) is 4.42 Å². The van der Waals surface area contributed by atoms with Gasteiger partial charge in [0.15, 0.2) is 0 Å². The summed E-state index contributed by atoms with van der Waals surface area (Å²) in [5.41, 5.74) is 0. The molecule has 1 aromatic rings. The summed E-state index contributed by atoms with van der Waals surface area (Å²) in [5.74, 6) is -0.132. The highest BCUT2D eigenvalue weighted by atomic mass is 16.6. The van der Waals surface area contributed by atoms with Gasteiger partial charge in [-0.1, -0.05) is 0 Å². The first-order valence-electron chi connectivity index (χ1n) is 2.51. The second-order valence-electron chi connectivity index (χ2n) is 1.53. The van der Waals surface area contributed by atoms with Gasteiger partial charge in [0.05, 0.1) is 6.26 Å². The molecule has 0 spiro atoms. The molecule has 0 fully saturated rings. The van der Waals surface area contributed by atoms with E-state index in [-0.39, 0.29) is 11.8 Å². The molecule has 0 atom stereocenters. The van der Waals surface area contributed by atoms with Crippen molar-refractivity contribution in [3.05, 3.63) is 18.4 Å². The van der Waals surface area contributed by atoms with Crippen LogP contribution in [-0.4, -0.2) is 13.7 Å². The number of ether oxygens (including phenoxy) is 1. The summed E-state index contributed by atoms with van der Waals surface area (Å²) >= 11 is 0. The van der Waals surface area contributed by atoms with Gasteiger partial charge in [0.25, 0.3) is 11.8 Å². The number of carbonyl (C=O) groups is 1. The zero-order valence-electron chi connectivity index (χ0n) is 4.96. The molecule has 0 unspecified atom stereocenters. The molecule has 1 heterocycles. The van der Waals surface area contributed by atoms with E-state index in [1.54, 1.807) is 12.1 Å². The minimum Gasteiger partial charge on any atom is -0.434 e. The van der Waals surface area contributed by atoms with Gasteiger partial charge in [-0.3, -0.25) is 4.79 Å². The van der Waals surface area contributed by atoms with E-state index in [2.05, 4.69) is 4.74 Å². The minimum absolute atomic E-state index is 0.238. The van der Waals surface area contributed by atoms with Crippen LogP contribution in [0.1, 0.15) is 0 Å². The largest absolute Gasteiger partial charge is 0.434 e. The molecule has 4 heteroatoms. The predicted octanol–water partition coefficient (Wildman–Crippen LogP) is 0.411. The normalized spacial score (nSPS) is 8.89. The van der Waals surface area contributed by atoms with Gasteiger partial charge < -0.3 is 9.15 Å². The van der Waals surface area contributed by atoms with Crippen LogP contribution in [-0.2, 0) is 0 Å². The van der Waals surface area contributed by atoms with Crippen LogP contribution < -0.4 is 4.74 Å². The lowest BCUT2D eigenvalue weighted by molar-refractivity contribution is 0.212. The second-order valence-corrected chi connectivity index (χ2v) is 1.53. The number of carbonyl (C=O) groups excluding carboxylic acids is 1. The Kier molecular flexibility index (Phi) is 1.58. The second kappa shape index (κ2) is 2.39. The van der Waals surface area contributed by atoms with Crippen molar-refractivity contribution < 1.29 is 13.9 Å². The molecule has 0 bridgehead atoms. The Morgan fingerprint density at radius 3 is 3.00 bits per heavy atom. The highest BCUT2D eigenvalue weighted by molar-refractivity contribution is 6.55. The minimum atomic E-state index is -0.370. The van der Waals surface area contributed by atoms with Gasteiger partial charge in [0.1, 0.15) is 0 Å². The first-order chi connectivity index (χ1) is 4.29. The molecule has 46 valence electrons. The molecule has 0 aliphatic rings. The maximum absolute atomic E-state index is 10.2. The lowest BCUT2D eigenvalue weighted by atomic mass is 10.2. The van der Waals surface area contributed by atoms with Crippen molar-refractivity contribution in [3.63, 3.8) is 0 Å². The van der Waals surface area contributed by atoms with E-state index in [0.29, 0.717) is 0 Å². The molecular formula is C5H5BO3. The van der Waals surface area contributed by atoms with E-state index < -0.39 is 0 Å². The zero-order valence-corrected chi connectivity index (χ0v) is 4.96. The molecule has 0 amide bonds. The summed E-state index contributed by atoms with van der Waals surface area (Å²) in [7, 11) is 1.32. The predicted molar refractivity (Wildman–Crippen MR) is 33.3 cm³/mol. The van der Waals surface area contributed by atoms with Crippen LogP contribution in [0.4, 0.5) is 4.79 Å². The monoisotopic (exact) mass is 124 g/mol. The Hall–Kier alpha value is -1.19. The Morgan fingerprint density at radius 1 is 1.78 bits per heavy atom. The summed E-state index contributed by atoms with van der Waals surface area (Å²) in [6.07, 6.45) is 1.44. The quantitative estimate of drug-likeness (QED) is 0.509. The third-order valence-corrected chi connectivity index (χ3v) is 0.739. The van der Waals surface area contributed by atoms with Gasteiger partial charge in [-0.05, 0) is 6.07 Å². The molecule has 0 aromatic carbocycles. The van der Waals surface area contributed by atoms with E-state index in [9.17, 15) is 4.79 Å². The topological polar surface area (TPSA) is 39.4 Å². The summed E-state index contributed by atoms with van der Waals surface area (Å²) in [6, 6.07) is 3.22. The molecule has 0 radical (unpaired) electrons. The number of rotatable bonds is 1. The molecule has 0 N–H and O–H groups in total. The number of hydrogen-bond acceptors (Lipinski definition) is 3. The fourth-order valence-electron chi connectivity index (χ4n) is 0.463. The number of hydrogen-bond donors (Lipinski definition) is 0. The summed E-state index contributed by atoms with van der Waals surface area (Å²) in [4.78, 5) is 10.2. The van der Waals surface area contributed by atoms with Crippen LogP contribution in [0.5, 0.6) is 5.95 Å². The van der Waals surface area contributed by atoms with Crippen LogP contribution in [0.2, 0.25) is 0 Å². The van der Waals surface area contributed by atoms with Gasteiger partial charge in [-0.15, -0.1) is 0 Å². The van der Waals surface area contributed by atoms with E-state index in [0.717, 1.165) is 0 Å². The maximum atomic E-state index is 10.2. The Bertz CT molecular complexity index is 192. The van der Waals surface area contributed by atoms with E-state index in [1.165, 1.54) is 14.1 Å². The van der Waals surface area contributed by atoms with E-state index >= 15 is 0 Å². The molecular weight excluding hydrogens is 119 g/mol. The first-order valence-corrected chi connectivity index (χ1v) is 2.51. The van der Waals surface area contributed by atoms with Crippen molar-refractivity contribution in [3.8, 4) is 5.95 Å². The average molecular weight is 124 g/mol. The van der Waals surface area contributed by atoms with Crippen LogP contribution in [0.3, 0.4) is 0 Å². The van der Waals surface area contributed by atoms with Crippen LogP contribution in [0.25, 0.3) is 0 Å². The first kappa shape index (κ1) is 5.94. The third-order valence-electron chi connectivity index (χ3n) is 0.739. The van der Waals surface area contributed by atoms with Gasteiger partial charge >= 0.3 is 0 Å². The fourth-order valence-corrected chi connectivity index (χ4v) is 0.463. The van der Waals surface area contributed by atoms with Crippen molar-refractivity contribution in [1.29, 1.82) is 0 Å². The van der Waals surface area contributed by atoms with Gasteiger partial charge in [0, 0.05) is 6.07 Å². The van der Waals surface area contributed by atoms with Crippen molar-refractivity contribution in [2.45, 2.75) is 0 Å². The summed E-state index contributed by atoms with van der Waals surface area (Å²) < 4.78 is 9.25. The molecule has 1 rings (SSSR count). The van der Waals surface area contributed by atoms with E-state index in [1.807, 2.05) is 0 Å². The van der Waals surface area contributed by atoms with Gasteiger partial charge in [-0.2, -0.15) is 0 Å². The average Bonchev–Trinajstić information content (AvgIpc) is 2.15. The molecule has 0 aliphatic carbocycles. The smallest absolute Gasteiger partial charge is 0.291 e. The van der Waals surface area contributed by atoms with Crippen LogP contribution in [0.15, 0.2) is 22.8 Å². The van der Waals surface area contributed by atoms with Crippen LogP contribution >= 0.6 is 0 Å². The third kappa shape index (κ3) is 1.64. The maximum Gasteiger partial charge on any atom is 0.291 e. The molecule has 1 aromatic heterocycles. The van der Waals surface area contributed by atoms with Gasteiger partial charge in [0.2, 0.25) is 7.85 Å². The highest BCUT2D eigenvalue weighted by Crippen LogP contribution is 2.09. The lowest BCUT2D eigenvalue weighted by Crippen LogP contribution is -2.02. The Balaban J connectivity index is 2.58. The zero-order chi connectivity index (χ0) is 6.69. The summed E-state index contributed by atoms with van der Waals surface area (Å²) in [5, 5.41) is 0. The van der Waals surface area contributed by atoms with Gasteiger partial charge in [-0.25, -0.2) is 0 Å². The molecule has 0 saturated carbocycles. The molecule has 3 nitrogen and oxygen atoms in total. The SMILES string of the molecule is BC(=O)Oc1ccco1.